The molecule has 0 atom stereocenters. The van der Waals surface area contributed by atoms with Crippen molar-refractivity contribution in [2.24, 2.45) is 0 Å². The lowest BCUT2D eigenvalue weighted by atomic mass is 10.2. The molecule has 0 N–H and O–H groups in total. The molecule has 0 spiro atoms. The Hall–Kier alpha value is -0.530. The van der Waals surface area contributed by atoms with Crippen LogP contribution in [0.1, 0.15) is 10.4 Å². The number of hydrogen-bond acceptors (Lipinski definition) is 1. The van der Waals surface area contributed by atoms with Crippen molar-refractivity contribution >= 4 is 29.5 Å². The van der Waals surface area contributed by atoms with E-state index in [1.807, 2.05) is 0 Å². The first kappa shape index (κ1) is 7.58. The van der Waals surface area contributed by atoms with Crippen molar-refractivity contribution in [1.29, 1.82) is 0 Å². The van der Waals surface area contributed by atoms with Gasteiger partial charge in [0.2, 0.25) is 0 Å². The molecule has 0 aliphatic rings. The number of hydrogen-bond donors (Lipinski definition) is 0. The van der Waals surface area contributed by atoms with Crippen LogP contribution in [0.5, 0.6) is 0 Å². The van der Waals surface area contributed by atoms with Gasteiger partial charge >= 0.3 is 0 Å². The summed E-state index contributed by atoms with van der Waals surface area (Å²) in [4.78, 5) is 10.3. The summed E-state index contributed by atoms with van der Waals surface area (Å²) in [6.45, 7) is 0. The van der Waals surface area contributed by atoms with Crippen molar-refractivity contribution in [3.05, 3.63) is 33.8 Å². The summed E-state index contributed by atoms with van der Waals surface area (Å²) in [6, 6.07) is 5.68. The van der Waals surface area contributed by atoms with Crippen LogP contribution in [0.3, 0.4) is 0 Å². The highest BCUT2D eigenvalue weighted by Gasteiger charge is 2.01. The molecule has 1 aromatic rings. The largest absolute Gasteiger partial charge is 0.298 e. The zero-order chi connectivity index (χ0) is 7.56. The average Bonchev–Trinajstić information content (AvgIpc) is 1.88. The lowest BCUT2D eigenvalue weighted by molar-refractivity contribution is 0.112. The molecule has 0 unspecified atom stereocenters. The molecule has 0 aliphatic carbocycles. The highest BCUT2D eigenvalue weighted by Crippen LogP contribution is 2.21. The van der Waals surface area contributed by atoms with Crippen LogP contribution in [0.15, 0.2) is 12.1 Å². The SMILES string of the molecule is O=Cc1c(Cl)c[c]cc1Cl. The van der Waals surface area contributed by atoms with Crippen molar-refractivity contribution in [2.75, 3.05) is 0 Å². The fourth-order valence-corrected chi connectivity index (χ4v) is 1.04. The van der Waals surface area contributed by atoms with Gasteiger partial charge in [0.05, 0.1) is 15.6 Å². The topological polar surface area (TPSA) is 17.1 Å². The van der Waals surface area contributed by atoms with Crippen LogP contribution in [0.4, 0.5) is 0 Å². The van der Waals surface area contributed by atoms with Gasteiger partial charge < -0.3 is 0 Å². The summed E-state index contributed by atoms with van der Waals surface area (Å²) in [6.07, 6.45) is 0.624. The molecule has 0 saturated carbocycles. The summed E-state index contributed by atoms with van der Waals surface area (Å²) >= 11 is 11.2. The molecular formula is C7H3Cl2O. The Morgan fingerprint density at radius 1 is 1.30 bits per heavy atom. The zero-order valence-electron chi connectivity index (χ0n) is 4.90. The monoisotopic (exact) mass is 173 g/mol. The summed E-state index contributed by atoms with van der Waals surface area (Å²) in [5.74, 6) is 0. The second kappa shape index (κ2) is 3.04. The average molecular weight is 174 g/mol. The second-order valence-corrected chi connectivity index (χ2v) is 2.50. The maximum absolute atomic E-state index is 10.3. The summed E-state index contributed by atoms with van der Waals surface area (Å²) in [7, 11) is 0. The fourth-order valence-electron chi connectivity index (χ4n) is 0.570. The second-order valence-electron chi connectivity index (χ2n) is 1.68. The fraction of sp³-hybridized carbons (Fsp3) is 0. The van der Waals surface area contributed by atoms with Crippen LogP contribution in [-0.4, -0.2) is 6.29 Å². The highest BCUT2D eigenvalue weighted by atomic mass is 35.5. The Morgan fingerprint density at radius 3 is 2.10 bits per heavy atom. The third-order valence-electron chi connectivity index (χ3n) is 1.05. The number of benzene rings is 1. The van der Waals surface area contributed by atoms with Gasteiger partial charge in [-0.05, 0) is 18.2 Å². The van der Waals surface area contributed by atoms with E-state index >= 15 is 0 Å². The van der Waals surface area contributed by atoms with Gasteiger partial charge in [-0.1, -0.05) is 23.2 Å². The Bertz CT molecular complexity index is 238. The smallest absolute Gasteiger partial charge is 0.153 e. The Balaban J connectivity index is 3.30. The van der Waals surface area contributed by atoms with E-state index in [2.05, 4.69) is 6.07 Å². The molecule has 1 radical (unpaired) electrons. The van der Waals surface area contributed by atoms with Crippen LogP contribution >= 0.6 is 23.2 Å². The lowest BCUT2D eigenvalue weighted by Crippen LogP contribution is -1.82. The molecule has 51 valence electrons. The minimum Gasteiger partial charge on any atom is -0.298 e. The van der Waals surface area contributed by atoms with Crippen molar-refractivity contribution in [1.82, 2.24) is 0 Å². The van der Waals surface area contributed by atoms with Crippen LogP contribution in [-0.2, 0) is 0 Å². The molecule has 1 nitrogen and oxygen atoms in total. The predicted molar refractivity (Wildman–Crippen MR) is 40.7 cm³/mol. The molecule has 10 heavy (non-hydrogen) atoms. The van der Waals surface area contributed by atoms with Crippen molar-refractivity contribution in [3.8, 4) is 0 Å². The molecule has 1 rings (SSSR count). The van der Waals surface area contributed by atoms with Crippen LogP contribution in [0.2, 0.25) is 10.0 Å². The minimum atomic E-state index is 0.321. The molecule has 0 heterocycles. The molecular weight excluding hydrogens is 171 g/mol. The number of carbonyl (C=O) groups excluding carboxylic acids is 1. The van der Waals surface area contributed by atoms with E-state index in [0.29, 0.717) is 21.9 Å². The van der Waals surface area contributed by atoms with Gasteiger partial charge in [0, 0.05) is 0 Å². The third kappa shape index (κ3) is 1.31. The first-order chi connectivity index (χ1) is 4.75. The number of aldehydes is 1. The molecule has 0 aliphatic heterocycles. The van der Waals surface area contributed by atoms with Crippen molar-refractivity contribution < 1.29 is 4.79 Å². The summed E-state index contributed by atoms with van der Waals surface area (Å²) in [5.41, 5.74) is 0.321. The van der Waals surface area contributed by atoms with E-state index in [1.165, 1.54) is 12.1 Å². The van der Waals surface area contributed by atoms with Crippen LogP contribution in [0.25, 0.3) is 0 Å². The quantitative estimate of drug-likeness (QED) is 0.598. The minimum absolute atomic E-state index is 0.321. The Morgan fingerprint density at radius 2 is 1.80 bits per heavy atom. The van der Waals surface area contributed by atoms with Gasteiger partial charge in [-0.15, -0.1) is 0 Å². The molecule has 0 saturated heterocycles. The van der Waals surface area contributed by atoms with Gasteiger partial charge in [-0.2, -0.15) is 0 Å². The molecule has 0 aromatic heterocycles. The summed E-state index contributed by atoms with van der Waals surface area (Å²) in [5, 5.41) is 0.671. The lowest BCUT2D eigenvalue weighted by Gasteiger charge is -1.95. The van der Waals surface area contributed by atoms with E-state index in [1.54, 1.807) is 0 Å². The molecule has 3 heteroatoms. The maximum Gasteiger partial charge on any atom is 0.153 e. The van der Waals surface area contributed by atoms with E-state index in [0.717, 1.165) is 0 Å². The van der Waals surface area contributed by atoms with E-state index in [-0.39, 0.29) is 0 Å². The van der Waals surface area contributed by atoms with E-state index in [4.69, 9.17) is 23.2 Å². The normalized spacial score (nSPS) is 9.40. The number of rotatable bonds is 1. The zero-order valence-corrected chi connectivity index (χ0v) is 6.41. The first-order valence-electron chi connectivity index (χ1n) is 2.56. The maximum atomic E-state index is 10.3. The first-order valence-corrected chi connectivity index (χ1v) is 3.31. The summed E-state index contributed by atoms with van der Waals surface area (Å²) < 4.78 is 0. The molecule has 0 bridgehead atoms. The van der Waals surface area contributed by atoms with Crippen LogP contribution < -0.4 is 0 Å². The van der Waals surface area contributed by atoms with Crippen molar-refractivity contribution in [3.63, 3.8) is 0 Å². The molecule has 1 aromatic carbocycles. The van der Waals surface area contributed by atoms with Gasteiger partial charge in [-0.25, -0.2) is 0 Å². The van der Waals surface area contributed by atoms with E-state index in [9.17, 15) is 4.79 Å². The van der Waals surface area contributed by atoms with Crippen LogP contribution in [0, 0.1) is 6.07 Å². The molecule has 0 fully saturated rings. The van der Waals surface area contributed by atoms with Gasteiger partial charge in [-0.3, -0.25) is 4.79 Å². The number of carbonyl (C=O) groups is 1. The van der Waals surface area contributed by atoms with Gasteiger partial charge in [0.15, 0.2) is 6.29 Å². The Labute approximate surface area is 68.6 Å². The predicted octanol–water partition coefficient (Wildman–Crippen LogP) is 2.61. The van der Waals surface area contributed by atoms with Gasteiger partial charge in [0.25, 0.3) is 0 Å². The Kier molecular flexibility index (Phi) is 2.30. The standard InChI is InChI=1S/C7H3Cl2O/c8-6-2-1-3-7(9)5(6)4-10/h2-4H. The third-order valence-corrected chi connectivity index (χ3v) is 1.68. The highest BCUT2D eigenvalue weighted by molar-refractivity contribution is 6.38. The van der Waals surface area contributed by atoms with Gasteiger partial charge in [0.1, 0.15) is 0 Å². The van der Waals surface area contributed by atoms with Crippen molar-refractivity contribution in [2.45, 2.75) is 0 Å². The number of halogens is 2. The van der Waals surface area contributed by atoms with E-state index < -0.39 is 0 Å². The molecule has 0 amide bonds.